The molecular formula is C37H49ClN4O8S. The van der Waals surface area contributed by atoms with Crippen LogP contribution in [0.3, 0.4) is 0 Å². The normalized spacial score (nSPS) is 27.5. The molecule has 0 aromatic heterocycles. The quantitative estimate of drug-likeness (QED) is 0.448. The van der Waals surface area contributed by atoms with E-state index in [1.807, 2.05) is 24.3 Å². The standard InChI is InChI=1S/C37H49ClN4O8S/c1-40-15-5-4-8-33(48-2)31-13-10-27(31)24-41-16-6-3-7-26-21-30(38)12-9-28(26)25-50-34-14-11-29(22-32(34)41)37(45,23-35(40)43)36(44)39-51(46,47)42-17-19-49-20-18-42/h4,8-9,11-12,14,21-22,27,31,33,45H,3,5-7,10,13,15-20,23-25H2,1-2H3,(H,39,44)/b8-4+/t27-,31+,33-,37+/m0/s1. The summed E-state index contributed by atoms with van der Waals surface area (Å²) in [6.45, 7) is 2.46. The number of benzene rings is 2. The number of methoxy groups -OCH3 is 1. The Morgan fingerprint density at radius 2 is 1.86 bits per heavy atom. The van der Waals surface area contributed by atoms with Crippen LogP contribution >= 0.6 is 11.6 Å². The fourth-order valence-electron chi connectivity index (χ4n) is 7.47. The van der Waals surface area contributed by atoms with Crippen LogP contribution in [-0.2, 0) is 47.9 Å². The van der Waals surface area contributed by atoms with E-state index in [0.717, 1.165) is 47.5 Å². The van der Waals surface area contributed by atoms with Gasteiger partial charge < -0.3 is 29.1 Å². The molecule has 2 amide bonds. The summed E-state index contributed by atoms with van der Waals surface area (Å²) < 4.78 is 47.6. The first-order valence-electron chi connectivity index (χ1n) is 17.8. The summed E-state index contributed by atoms with van der Waals surface area (Å²) in [4.78, 5) is 31.5. The van der Waals surface area contributed by atoms with Crippen molar-refractivity contribution in [3.63, 3.8) is 0 Å². The highest BCUT2D eigenvalue weighted by molar-refractivity contribution is 7.87. The fraction of sp³-hybridized carbons (Fsp3) is 0.568. The Kier molecular flexibility index (Phi) is 11.9. The van der Waals surface area contributed by atoms with Gasteiger partial charge in [-0.15, -0.1) is 0 Å². The van der Waals surface area contributed by atoms with Gasteiger partial charge in [0.2, 0.25) is 5.91 Å². The van der Waals surface area contributed by atoms with Gasteiger partial charge >= 0.3 is 10.2 Å². The van der Waals surface area contributed by atoms with Crippen LogP contribution in [0.4, 0.5) is 5.69 Å². The zero-order valence-electron chi connectivity index (χ0n) is 29.4. The van der Waals surface area contributed by atoms with Gasteiger partial charge in [0.1, 0.15) is 12.4 Å². The van der Waals surface area contributed by atoms with Crippen molar-refractivity contribution in [1.29, 1.82) is 0 Å². The molecule has 2 aromatic carbocycles. The number of fused-ring (bicyclic) bond motifs is 3. The third-order valence-corrected chi connectivity index (χ3v) is 12.5. The Labute approximate surface area is 305 Å². The monoisotopic (exact) mass is 744 g/mol. The zero-order valence-corrected chi connectivity index (χ0v) is 31.0. The maximum absolute atomic E-state index is 14.1. The van der Waals surface area contributed by atoms with Crippen LogP contribution in [0.5, 0.6) is 5.75 Å². The average molecular weight is 745 g/mol. The summed E-state index contributed by atoms with van der Waals surface area (Å²) in [7, 11) is -1.00. The third kappa shape index (κ3) is 8.55. The largest absolute Gasteiger partial charge is 0.487 e. The molecule has 14 heteroatoms. The molecule has 278 valence electrons. The van der Waals surface area contributed by atoms with Gasteiger partial charge in [-0.1, -0.05) is 35.9 Å². The predicted molar refractivity (Wildman–Crippen MR) is 194 cm³/mol. The van der Waals surface area contributed by atoms with Gasteiger partial charge in [-0.3, -0.25) is 9.59 Å². The number of carbonyl (C=O) groups excluding carboxylic acids is 2. The first-order chi connectivity index (χ1) is 24.5. The van der Waals surface area contributed by atoms with Gasteiger partial charge in [0.05, 0.1) is 31.4 Å². The number of carbonyl (C=O) groups is 2. The van der Waals surface area contributed by atoms with E-state index in [1.165, 1.54) is 4.90 Å². The lowest BCUT2D eigenvalue weighted by molar-refractivity contribution is -0.148. The van der Waals surface area contributed by atoms with Crippen molar-refractivity contribution in [2.75, 3.05) is 65.0 Å². The fourth-order valence-corrected chi connectivity index (χ4v) is 8.83. The van der Waals surface area contributed by atoms with E-state index in [-0.39, 0.29) is 44.6 Å². The first-order valence-corrected chi connectivity index (χ1v) is 19.7. The van der Waals surface area contributed by atoms with Crippen LogP contribution in [0, 0.1) is 11.8 Å². The summed E-state index contributed by atoms with van der Waals surface area (Å²) in [5.41, 5.74) is 0.386. The highest BCUT2D eigenvalue weighted by Crippen LogP contribution is 2.43. The molecule has 1 saturated heterocycles. The van der Waals surface area contributed by atoms with Crippen molar-refractivity contribution in [3.05, 3.63) is 70.3 Å². The zero-order chi connectivity index (χ0) is 36.2. The second-order valence-corrected chi connectivity index (χ2v) is 16.1. The highest BCUT2D eigenvalue weighted by Gasteiger charge is 2.45. The van der Waals surface area contributed by atoms with Gasteiger partial charge in [0.15, 0.2) is 5.60 Å². The van der Waals surface area contributed by atoms with Crippen molar-refractivity contribution < 1.29 is 37.3 Å². The lowest BCUT2D eigenvalue weighted by atomic mass is 9.70. The van der Waals surface area contributed by atoms with E-state index in [1.54, 1.807) is 32.4 Å². The molecule has 2 fully saturated rings. The summed E-state index contributed by atoms with van der Waals surface area (Å²) >= 11 is 6.37. The van der Waals surface area contributed by atoms with Gasteiger partial charge in [0, 0.05) is 51.9 Å². The second-order valence-electron chi connectivity index (χ2n) is 14.0. The van der Waals surface area contributed by atoms with Crippen molar-refractivity contribution in [1.82, 2.24) is 13.9 Å². The molecular weight excluding hydrogens is 696 g/mol. The number of aryl methyl sites for hydroxylation is 1. The SMILES string of the molecule is CO[C@H]1/C=C/CCN(C)C(=O)C[C@](O)(C(=O)NS(=O)(=O)N2CCOCC2)c2ccc3c(c2)N(CCCCc2cc(Cl)ccc2CO3)C[C@@H]2CC[C@H]21. The maximum Gasteiger partial charge on any atom is 0.304 e. The van der Waals surface area contributed by atoms with Gasteiger partial charge in [-0.2, -0.15) is 12.7 Å². The van der Waals surface area contributed by atoms with Crippen molar-refractivity contribution in [2.24, 2.45) is 11.8 Å². The number of nitrogens with one attached hydrogen (secondary N) is 1. The van der Waals surface area contributed by atoms with Crippen LogP contribution < -0.4 is 14.4 Å². The molecule has 51 heavy (non-hydrogen) atoms. The number of anilines is 1. The van der Waals surface area contributed by atoms with Crippen molar-refractivity contribution in [2.45, 2.75) is 63.3 Å². The molecule has 1 saturated carbocycles. The Balaban J connectivity index is 1.43. The minimum Gasteiger partial charge on any atom is -0.487 e. The van der Waals surface area contributed by atoms with E-state index >= 15 is 0 Å². The maximum atomic E-state index is 14.1. The molecule has 2 aromatic rings. The van der Waals surface area contributed by atoms with Gasteiger partial charge in [0.25, 0.3) is 5.91 Å². The van der Waals surface area contributed by atoms with E-state index in [0.29, 0.717) is 54.4 Å². The molecule has 4 atom stereocenters. The van der Waals surface area contributed by atoms with E-state index < -0.39 is 34.0 Å². The molecule has 12 nitrogen and oxygen atoms in total. The van der Waals surface area contributed by atoms with Gasteiger partial charge in [-0.25, -0.2) is 4.72 Å². The summed E-state index contributed by atoms with van der Waals surface area (Å²) in [6.07, 6.45) is 8.55. The summed E-state index contributed by atoms with van der Waals surface area (Å²) in [6, 6.07) is 10.8. The second kappa shape index (κ2) is 16.2. The van der Waals surface area contributed by atoms with Crippen LogP contribution in [0.2, 0.25) is 5.02 Å². The number of morpholine rings is 1. The van der Waals surface area contributed by atoms with Crippen LogP contribution in [0.25, 0.3) is 0 Å². The number of ether oxygens (including phenoxy) is 3. The number of nitrogens with zero attached hydrogens (tertiary/aromatic N) is 3. The van der Waals surface area contributed by atoms with Gasteiger partial charge in [-0.05, 0) is 91.3 Å². The molecule has 4 aliphatic rings. The molecule has 0 radical (unpaired) electrons. The molecule has 2 bridgehead atoms. The average Bonchev–Trinajstić information content (AvgIpc) is 3.14. The lowest BCUT2D eigenvalue weighted by Crippen LogP contribution is -2.54. The molecule has 3 aliphatic heterocycles. The number of halogens is 1. The highest BCUT2D eigenvalue weighted by atomic mass is 35.5. The molecule has 0 spiro atoms. The third-order valence-electron chi connectivity index (χ3n) is 10.8. The topological polar surface area (TPSA) is 138 Å². The number of aliphatic hydroxyl groups is 1. The van der Waals surface area contributed by atoms with E-state index in [4.69, 9.17) is 25.8 Å². The molecule has 0 unspecified atom stereocenters. The van der Waals surface area contributed by atoms with E-state index in [9.17, 15) is 23.1 Å². The van der Waals surface area contributed by atoms with Crippen LogP contribution in [-0.4, -0.2) is 101 Å². The van der Waals surface area contributed by atoms with E-state index in [2.05, 4.69) is 15.7 Å². The minimum atomic E-state index is -4.34. The Morgan fingerprint density at radius 3 is 2.61 bits per heavy atom. The van der Waals surface area contributed by atoms with Crippen LogP contribution in [0.1, 0.15) is 55.2 Å². The number of hydrogen-bond acceptors (Lipinski definition) is 9. The van der Waals surface area contributed by atoms with Crippen LogP contribution in [0.15, 0.2) is 48.6 Å². The minimum absolute atomic E-state index is 0.0583. The molecule has 6 rings (SSSR count). The number of rotatable bonds is 4. The Bertz CT molecular complexity index is 1720. The number of amides is 2. The molecule has 1 aliphatic carbocycles. The number of hydrogen-bond donors (Lipinski definition) is 2. The van der Waals surface area contributed by atoms with Crippen molar-refractivity contribution in [3.8, 4) is 5.75 Å². The predicted octanol–water partition coefficient (Wildman–Crippen LogP) is 3.79. The molecule has 2 N–H and O–H groups in total. The summed E-state index contributed by atoms with van der Waals surface area (Å²) in [5, 5.41) is 13.0. The smallest absolute Gasteiger partial charge is 0.304 e. The lowest BCUT2D eigenvalue weighted by Gasteiger charge is -2.43. The Hall–Kier alpha value is -3.20. The van der Waals surface area contributed by atoms with Crippen molar-refractivity contribution >= 4 is 39.3 Å². The first kappa shape index (κ1) is 37.6. The Morgan fingerprint density at radius 1 is 1.06 bits per heavy atom. The molecule has 3 heterocycles. The summed E-state index contributed by atoms with van der Waals surface area (Å²) in [5.74, 6) is -0.555.